The van der Waals surface area contributed by atoms with Crippen molar-refractivity contribution in [3.05, 3.63) is 36.0 Å². The van der Waals surface area contributed by atoms with Crippen molar-refractivity contribution < 1.29 is 4.79 Å². The summed E-state index contributed by atoms with van der Waals surface area (Å²) in [6, 6.07) is 0. The smallest absolute Gasteiger partial charge is 0.217 e. The molecule has 0 aliphatic heterocycles. The Labute approximate surface area is 131 Å². The van der Waals surface area contributed by atoms with Crippen molar-refractivity contribution in [2.75, 3.05) is 0 Å². The van der Waals surface area contributed by atoms with Crippen LogP contribution in [0.3, 0.4) is 0 Å². The van der Waals surface area contributed by atoms with Gasteiger partial charge >= 0.3 is 0 Å². The maximum Gasteiger partial charge on any atom is 0.217 e. The van der Waals surface area contributed by atoms with E-state index >= 15 is 0 Å². The number of hydrogen-bond donors (Lipinski definition) is 1. The van der Waals surface area contributed by atoms with E-state index in [0.29, 0.717) is 19.4 Å². The van der Waals surface area contributed by atoms with E-state index in [1.54, 1.807) is 23.7 Å². The van der Waals surface area contributed by atoms with Gasteiger partial charge in [-0.3, -0.25) is 14.0 Å². The molecule has 0 aliphatic carbocycles. The maximum atomic E-state index is 10.8. The summed E-state index contributed by atoms with van der Waals surface area (Å²) < 4.78 is 3.79. The first-order valence-electron chi connectivity index (χ1n) is 6.90. The quantitative estimate of drug-likeness (QED) is 0.750. The van der Waals surface area contributed by atoms with Crippen LogP contribution in [0, 0.1) is 6.92 Å². The van der Waals surface area contributed by atoms with Gasteiger partial charge in [-0.25, -0.2) is 9.97 Å². The molecular weight excluding hydrogens is 300 g/mol. The van der Waals surface area contributed by atoms with Crippen LogP contribution in [0.5, 0.6) is 0 Å². The third-order valence-corrected chi connectivity index (χ3v) is 4.22. The Hall–Kier alpha value is -2.48. The first-order valence-corrected chi connectivity index (χ1v) is 7.78. The number of carbonyl (C=O) groups is 1. The van der Waals surface area contributed by atoms with E-state index in [1.165, 1.54) is 0 Å². The Kier molecular flexibility index (Phi) is 4.01. The van der Waals surface area contributed by atoms with Crippen LogP contribution in [0.2, 0.25) is 0 Å². The minimum Gasteiger partial charge on any atom is -0.370 e. The Morgan fingerprint density at radius 1 is 1.41 bits per heavy atom. The second-order valence-corrected chi connectivity index (χ2v) is 5.77. The van der Waals surface area contributed by atoms with Gasteiger partial charge < -0.3 is 5.73 Å². The number of thiazole rings is 1. The minimum absolute atomic E-state index is 0.287. The summed E-state index contributed by atoms with van der Waals surface area (Å²) in [5, 5.41) is 4.32. The third-order valence-electron chi connectivity index (χ3n) is 3.30. The normalized spacial score (nSPS) is 11.0. The number of primary amides is 1. The zero-order chi connectivity index (χ0) is 15.5. The van der Waals surface area contributed by atoms with Gasteiger partial charge in [0.25, 0.3) is 0 Å². The average Bonchev–Trinajstić information content (AvgIpc) is 3.17. The molecule has 0 spiro atoms. The molecule has 0 bridgehead atoms. The van der Waals surface area contributed by atoms with Gasteiger partial charge in [0.1, 0.15) is 0 Å². The van der Waals surface area contributed by atoms with Gasteiger partial charge in [-0.1, -0.05) is 0 Å². The van der Waals surface area contributed by atoms with Gasteiger partial charge in [0.2, 0.25) is 5.91 Å². The lowest BCUT2D eigenvalue weighted by atomic mass is 10.3. The van der Waals surface area contributed by atoms with Gasteiger partial charge in [0, 0.05) is 31.6 Å². The van der Waals surface area contributed by atoms with Crippen LogP contribution in [0.4, 0.5) is 0 Å². The second kappa shape index (κ2) is 6.10. The van der Waals surface area contributed by atoms with Crippen LogP contribution in [-0.4, -0.2) is 30.2 Å². The number of hydrogen-bond acceptors (Lipinski definition) is 5. The molecule has 0 unspecified atom stereocenters. The molecule has 0 saturated heterocycles. The van der Waals surface area contributed by atoms with Gasteiger partial charge in [-0.15, -0.1) is 11.3 Å². The Bertz CT molecular complexity index is 787. The van der Waals surface area contributed by atoms with Crippen molar-refractivity contribution in [3.8, 4) is 16.4 Å². The largest absolute Gasteiger partial charge is 0.370 e. The number of nitrogens with zero attached hydrogens (tertiary/aromatic N) is 5. The third kappa shape index (κ3) is 2.91. The summed E-state index contributed by atoms with van der Waals surface area (Å²) in [5.74, 6) is 0.571. The van der Waals surface area contributed by atoms with Crippen molar-refractivity contribution in [3.63, 3.8) is 0 Å². The number of rotatable bonds is 6. The van der Waals surface area contributed by atoms with Crippen LogP contribution >= 0.6 is 11.3 Å². The number of carbonyl (C=O) groups excluding carboxylic acids is 1. The van der Waals surface area contributed by atoms with E-state index in [0.717, 1.165) is 22.1 Å². The molecule has 7 nitrogen and oxygen atoms in total. The average molecular weight is 316 g/mol. The lowest BCUT2D eigenvalue weighted by Crippen LogP contribution is -2.11. The van der Waals surface area contributed by atoms with Gasteiger partial charge in [0.15, 0.2) is 5.82 Å². The second-order valence-electron chi connectivity index (χ2n) is 4.92. The number of imidazole rings is 1. The highest BCUT2D eigenvalue weighted by molar-refractivity contribution is 7.13. The molecule has 114 valence electrons. The molecule has 22 heavy (non-hydrogen) atoms. The summed E-state index contributed by atoms with van der Waals surface area (Å²) in [6.07, 6.45) is 8.43. The van der Waals surface area contributed by atoms with Crippen molar-refractivity contribution >= 4 is 17.2 Å². The summed E-state index contributed by atoms with van der Waals surface area (Å²) in [7, 11) is 0. The molecular formula is C14H16N6OS. The molecule has 1 amide bonds. The molecule has 0 atom stereocenters. The lowest BCUT2D eigenvalue weighted by Gasteiger charge is -2.03. The van der Waals surface area contributed by atoms with E-state index in [1.807, 2.05) is 34.1 Å². The molecule has 0 saturated carbocycles. The first-order chi connectivity index (χ1) is 10.6. The topological polar surface area (TPSA) is 91.6 Å². The SMILES string of the molecule is Cc1ncsc1-c1nccn1-c1cnn(CCCC(N)=O)c1. The number of amides is 1. The first kappa shape index (κ1) is 14.5. The molecule has 0 radical (unpaired) electrons. The van der Waals surface area contributed by atoms with E-state index in [4.69, 9.17) is 5.73 Å². The van der Waals surface area contributed by atoms with Gasteiger partial charge in [-0.2, -0.15) is 5.10 Å². The maximum absolute atomic E-state index is 10.8. The van der Waals surface area contributed by atoms with Crippen molar-refractivity contribution in [2.45, 2.75) is 26.3 Å². The highest BCUT2D eigenvalue weighted by Crippen LogP contribution is 2.27. The predicted molar refractivity (Wildman–Crippen MR) is 83.6 cm³/mol. The highest BCUT2D eigenvalue weighted by Gasteiger charge is 2.13. The predicted octanol–water partition coefficient (Wildman–Crippen LogP) is 1.77. The number of aryl methyl sites for hydroxylation is 2. The molecule has 3 heterocycles. The van der Waals surface area contributed by atoms with Gasteiger partial charge in [0.05, 0.1) is 28.0 Å². The molecule has 8 heteroatoms. The number of nitrogens with two attached hydrogens (primary N) is 1. The molecule has 3 aromatic heterocycles. The van der Waals surface area contributed by atoms with Gasteiger partial charge in [-0.05, 0) is 13.3 Å². The zero-order valence-corrected chi connectivity index (χ0v) is 13.0. The molecule has 3 aromatic rings. The van der Waals surface area contributed by atoms with Crippen molar-refractivity contribution in [1.82, 2.24) is 24.3 Å². The number of aromatic nitrogens is 5. The van der Waals surface area contributed by atoms with Crippen LogP contribution in [0.1, 0.15) is 18.5 Å². The molecule has 0 aromatic carbocycles. The van der Waals surface area contributed by atoms with E-state index in [9.17, 15) is 4.79 Å². The van der Waals surface area contributed by atoms with E-state index < -0.39 is 0 Å². The van der Waals surface area contributed by atoms with Crippen molar-refractivity contribution in [1.29, 1.82) is 0 Å². The Balaban J connectivity index is 1.81. The van der Waals surface area contributed by atoms with Crippen LogP contribution in [0.25, 0.3) is 16.4 Å². The lowest BCUT2D eigenvalue weighted by molar-refractivity contribution is -0.118. The highest BCUT2D eigenvalue weighted by atomic mass is 32.1. The molecule has 0 aliphatic rings. The molecule has 3 rings (SSSR count). The fraction of sp³-hybridized carbons (Fsp3) is 0.286. The van der Waals surface area contributed by atoms with E-state index in [-0.39, 0.29) is 5.91 Å². The fourth-order valence-corrected chi connectivity index (χ4v) is 3.01. The monoisotopic (exact) mass is 316 g/mol. The van der Waals surface area contributed by atoms with Crippen LogP contribution < -0.4 is 5.73 Å². The van der Waals surface area contributed by atoms with Crippen LogP contribution in [0.15, 0.2) is 30.3 Å². The summed E-state index contributed by atoms with van der Waals surface area (Å²) >= 11 is 1.57. The van der Waals surface area contributed by atoms with Crippen LogP contribution in [-0.2, 0) is 11.3 Å². The summed E-state index contributed by atoms with van der Waals surface area (Å²) in [6.45, 7) is 2.63. The fourth-order valence-electron chi connectivity index (χ4n) is 2.21. The van der Waals surface area contributed by atoms with E-state index in [2.05, 4.69) is 15.1 Å². The summed E-state index contributed by atoms with van der Waals surface area (Å²) in [4.78, 5) is 20.5. The molecule has 2 N–H and O–H groups in total. The zero-order valence-electron chi connectivity index (χ0n) is 12.1. The Morgan fingerprint density at radius 2 is 2.27 bits per heavy atom. The minimum atomic E-state index is -0.287. The molecule has 0 fully saturated rings. The Morgan fingerprint density at radius 3 is 3.00 bits per heavy atom. The standard InChI is InChI=1S/C14H16N6OS/c1-10-13(22-9-17-10)14-16-4-6-20(14)11-7-18-19(8-11)5-2-3-12(15)21/h4,6-9H,2-3,5H2,1H3,(H2,15,21). The summed E-state index contributed by atoms with van der Waals surface area (Å²) in [5.41, 5.74) is 8.85. The van der Waals surface area contributed by atoms with Crippen molar-refractivity contribution in [2.24, 2.45) is 5.73 Å².